The van der Waals surface area contributed by atoms with Gasteiger partial charge in [0.05, 0.1) is 28.5 Å². The molecule has 2 aromatic carbocycles. The Hall–Kier alpha value is -1.04. The van der Waals surface area contributed by atoms with E-state index in [-0.39, 0.29) is 28.2 Å². The molecule has 0 unspecified atom stereocenters. The largest absolute Gasteiger partial charge is 0.505 e. The number of benzene rings is 2. The van der Waals surface area contributed by atoms with Crippen LogP contribution >= 0.6 is 58.8 Å². The summed E-state index contributed by atoms with van der Waals surface area (Å²) in [4.78, 5) is 6.41. The molecule has 0 amide bonds. The van der Waals surface area contributed by atoms with E-state index < -0.39 is 0 Å². The summed E-state index contributed by atoms with van der Waals surface area (Å²) >= 11 is 23.6. The Morgan fingerprint density at radius 1 is 1.07 bits per heavy atom. The Balaban J connectivity index is 0.00000364. The number of halogens is 5. The third-order valence-corrected chi connectivity index (χ3v) is 4.53. The van der Waals surface area contributed by atoms with Gasteiger partial charge < -0.3 is 14.7 Å². The highest BCUT2D eigenvalue weighted by atomic mass is 35.5. The number of aromatic hydroxyl groups is 1. The number of methoxy groups -OCH3 is 1. The fourth-order valence-corrected chi connectivity index (χ4v) is 3.25. The van der Waals surface area contributed by atoms with Crippen molar-refractivity contribution in [2.24, 2.45) is 4.99 Å². The van der Waals surface area contributed by atoms with Crippen LogP contribution in [0.15, 0.2) is 35.3 Å². The summed E-state index contributed by atoms with van der Waals surface area (Å²) in [5, 5.41) is 9.90. The van der Waals surface area contributed by atoms with Gasteiger partial charge in [0, 0.05) is 31.1 Å². The van der Waals surface area contributed by atoms with E-state index in [9.17, 15) is 5.11 Å². The molecule has 9 heteroatoms. The van der Waals surface area contributed by atoms with Gasteiger partial charge in [0.25, 0.3) is 0 Å². The number of aliphatic imine (C=N–C) groups is 1. The van der Waals surface area contributed by atoms with Gasteiger partial charge in [-0.1, -0.05) is 29.3 Å². The van der Waals surface area contributed by atoms with Crippen molar-refractivity contribution >= 4 is 76.4 Å². The molecule has 0 bridgehead atoms. The van der Waals surface area contributed by atoms with Gasteiger partial charge in [-0.2, -0.15) is 0 Å². The lowest BCUT2D eigenvalue weighted by molar-refractivity contribution is 0.414. The molecule has 2 aromatic rings. The van der Waals surface area contributed by atoms with E-state index in [2.05, 4.69) is 9.89 Å². The molecule has 0 aliphatic heterocycles. The summed E-state index contributed by atoms with van der Waals surface area (Å²) in [6.45, 7) is 1.34. The highest BCUT2D eigenvalue weighted by molar-refractivity contribution is 6.37. The van der Waals surface area contributed by atoms with Crippen LogP contribution < -0.4 is 9.64 Å². The fraction of sp³-hybridized carbons (Fsp3) is 0.278. The molecule has 0 radical (unpaired) electrons. The van der Waals surface area contributed by atoms with Crippen molar-refractivity contribution in [2.45, 2.75) is 0 Å². The molecule has 0 heterocycles. The lowest BCUT2D eigenvalue weighted by Gasteiger charge is -2.25. The maximum absolute atomic E-state index is 9.60. The second kappa shape index (κ2) is 11.7. The number of rotatable bonds is 8. The quantitative estimate of drug-likeness (QED) is 0.369. The molecule has 0 atom stereocenters. The van der Waals surface area contributed by atoms with Crippen molar-refractivity contribution in [3.05, 3.63) is 45.9 Å². The number of alkyl halides is 2. The summed E-state index contributed by atoms with van der Waals surface area (Å²) in [6.07, 6.45) is 1.67. The monoisotopic (exact) mass is 470 g/mol. The van der Waals surface area contributed by atoms with Gasteiger partial charge in [0.1, 0.15) is 5.75 Å². The number of phenolic OH excluding ortho intramolecular Hbond substituents is 1. The molecule has 0 spiro atoms. The number of anilines is 1. The molecule has 0 aliphatic rings. The zero-order chi connectivity index (χ0) is 19.1. The lowest BCUT2D eigenvalue weighted by atomic mass is 10.2. The van der Waals surface area contributed by atoms with Crippen LogP contribution in [-0.4, -0.2) is 43.3 Å². The first-order chi connectivity index (χ1) is 12.5. The summed E-state index contributed by atoms with van der Waals surface area (Å²) in [7, 11) is 1.61. The van der Waals surface area contributed by atoms with Crippen molar-refractivity contribution in [3.8, 4) is 11.5 Å². The van der Waals surface area contributed by atoms with Crippen LogP contribution in [0.4, 0.5) is 11.4 Å². The van der Waals surface area contributed by atoms with Crippen molar-refractivity contribution in [1.29, 1.82) is 0 Å². The summed E-state index contributed by atoms with van der Waals surface area (Å²) < 4.78 is 5.50. The molecule has 0 saturated carbocycles. The normalized spacial score (nSPS) is 10.7. The molecule has 27 heavy (non-hydrogen) atoms. The van der Waals surface area contributed by atoms with Gasteiger partial charge in [0.2, 0.25) is 0 Å². The molecule has 0 aromatic heterocycles. The fourth-order valence-electron chi connectivity index (χ4n) is 2.37. The van der Waals surface area contributed by atoms with Crippen molar-refractivity contribution in [3.63, 3.8) is 0 Å². The Kier molecular flexibility index (Phi) is 10.4. The maximum atomic E-state index is 9.60. The molecule has 0 saturated heterocycles. The summed E-state index contributed by atoms with van der Waals surface area (Å²) in [5.41, 5.74) is 2.29. The topological polar surface area (TPSA) is 45.1 Å². The van der Waals surface area contributed by atoms with Gasteiger partial charge in [-0.15, -0.1) is 35.6 Å². The predicted molar refractivity (Wildman–Crippen MR) is 119 cm³/mol. The Morgan fingerprint density at radius 2 is 1.67 bits per heavy atom. The molecule has 0 fully saturated rings. The van der Waals surface area contributed by atoms with Crippen LogP contribution in [0.25, 0.3) is 0 Å². The second-order valence-electron chi connectivity index (χ2n) is 5.31. The average molecular weight is 473 g/mol. The van der Waals surface area contributed by atoms with E-state index in [0.29, 0.717) is 36.3 Å². The molecule has 4 nitrogen and oxygen atoms in total. The highest BCUT2D eigenvalue weighted by Gasteiger charge is 2.12. The first kappa shape index (κ1) is 24.0. The highest BCUT2D eigenvalue weighted by Crippen LogP contribution is 2.36. The van der Waals surface area contributed by atoms with E-state index in [4.69, 9.17) is 51.1 Å². The van der Waals surface area contributed by atoms with E-state index in [1.54, 1.807) is 13.3 Å². The van der Waals surface area contributed by atoms with Crippen LogP contribution in [0, 0.1) is 0 Å². The number of phenols is 1. The molecule has 148 valence electrons. The Morgan fingerprint density at radius 3 is 2.19 bits per heavy atom. The van der Waals surface area contributed by atoms with Crippen LogP contribution in [0.2, 0.25) is 10.0 Å². The van der Waals surface area contributed by atoms with Crippen molar-refractivity contribution < 1.29 is 9.84 Å². The van der Waals surface area contributed by atoms with Crippen LogP contribution in [0.1, 0.15) is 5.56 Å². The smallest absolute Gasteiger partial charge is 0.152 e. The molecular formula is C18H19Cl5N2O2. The molecular weight excluding hydrogens is 453 g/mol. The van der Waals surface area contributed by atoms with Crippen molar-refractivity contribution in [1.82, 2.24) is 0 Å². The molecule has 2 rings (SSSR count). The van der Waals surface area contributed by atoms with Gasteiger partial charge in [-0.05, 0) is 29.8 Å². The van der Waals surface area contributed by atoms with E-state index in [1.165, 1.54) is 12.1 Å². The van der Waals surface area contributed by atoms with Crippen LogP contribution in [0.5, 0.6) is 11.5 Å². The summed E-state index contributed by atoms with van der Waals surface area (Å²) in [6, 6.07) is 8.80. The van der Waals surface area contributed by atoms with E-state index >= 15 is 0 Å². The zero-order valence-electron chi connectivity index (χ0n) is 14.5. The van der Waals surface area contributed by atoms with Crippen molar-refractivity contribution in [2.75, 3.05) is 36.9 Å². The number of nitrogens with zero attached hydrogens (tertiary/aromatic N) is 2. The third-order valence-electron chi connectivity index (χ3n) is 3.62. The van der Waals surface area contributed by atoms with Crippen LogP contribution in [0.3, 0.4) is 0 Å². The summed E-state index contributed by atoms with van der Waals surface area (Å²) in [5.74, 6) is 1.53. The lowest BCUT2D eigenvalue weighted by Crippen LogP contribution is -2.28. The minimum atomic E-state index is -0.156. The van der Waals surface area contributed by atoms with E-state index in [0.717, 1.165) is 11.3 Å². The van der Waals surface area contributed by atoms with Gasteiger partial charge in [-0.3, -0.25) is 4.99 Å². The number of ether oxygens (including phenoxy) is 1. The first-order valence-electron chi connectivity index (χ1n) is 7.77. The minimum absolute atomic E-state index is 0. The SMILES string of the molecule is COc1cc(C=Nc2cc(Cl)c(O)c(Cl)c2)ccc1N(CCCl)CCCl.Cl. The Labute approximate surface area is 185 Å². The standard InChI is InChI=1S/C18H18Cl4N2O2.ClH/c1-26-17-8-12(2-3-16(17)24(6-4-19)7-5-20)11-23-13-9-14(21)18(25)15(22)10-13;/h2-3,8-11,25H,4-7H2,1H3;1H. The predicted octanol–water partition coefficient (Wildman–Crippen LogP) is 6.16. The van der Waals surface area contributed by atoms with Crippen LogP contribution in [-0.2, 0) is 0 Å². The average Bonchev–Trinajstić information content (AvgIpc) is 2.64. The maximum Gasteiger partial charge on any atom is 0.152 e. The Bertz CT molecular complexity index is 757. The minimum Gasteiger partial charge on any atom is -0.505 e. The van der Waals surface area contributed by atoms with Gasteiger partial charge in [0.15, 0.2) is 5.75 Å². The number of hydrogen-bond donors (Lipinski definition) is 1. The molecule has 0 aliphatic carbocycles. The first-order valence-corrected chi connectivity index (χ1v) is 9.59. The zero-order valence-corrected chi connectivity index (χ0v) is 18.3. The third kappa shape index (κ3) is 6.51. The number of hydrogen-bond acceptors (Lipinski definition) is 4. The molecule has 1 N–H and O–H groups in total. The van der Waals surface area contributed by atoms with Gasteiger partial charge >= 0.3 is 0 Å². The van der Waals surface area contributed by atoms with E-state index in [1.807, 2.05) is 18.2 Å². The van der Waals surface area contributed by atoms with Gasteiger partial charge in [-0.25, -0.2) is 0 Å². The second-order valence-corrected chi connectivity index (χ2v) is 6.88.